The molecule has 0 aliphatic heterocycles. The van der Waals surface area contributed by atoms with E-state index in [2.05, 4.69) is 22.0 Å². The Kier molecular flexibility index (Phi) is 7.16. The minimum atomic E-state index is -2.28. The van der Waals surface area contributed by atoms with Gasteiger partial charge in [0.1, 0.15) is 0 Å². The van der Waals surface area contributed by atoms with Crippen molar-refractivity contribution in [3.8, 4) is 0 Å². The molecule has 0 aliphatic rings. The summed E-state index contributed by atoms with van der Waals surface area (Å²) in [6, 6.07) is 0. The monoisotopic (exact) mass is 294 g/mol. The maximum atomic E-state index is 5.39. The molecule has 0 bridgehead atoms. The molecule has 0 heterocycles. The van der Waals surface area contributed by atoms with Crippen molar-refractivity contribution in [2.24, 2.45) is 0 Å². The zero-order valence-corrected chi connectivity index (χ0v) is 10.4. The molecule has 0 saturated carbocycles. The molecule has 0 unspecified atom stereocenters. The molecule has 0 amide bonds. The van der Waals surface area contributed by atoms with Gasteiger partial charge in [-0.2, -0.15) is 0 Å². The third-order valence-electron chi connectivity index (χ3n) is 0.950. The molecule has 0 spiro atoms. The molecule has 0 radical (unpaired) electrons. The van der Waals surface area contributed by atoms with Crippen LogP contribution in [0.15, 0.2) is 0 Å². The van der Waals surface area contributed by atoms with Gasteiger partial charge in [0.15, 0.2) is 0 Å². The van der Waals surface area contributed by atoms with Gasteiger partial charge in [-0.05, 0) is 0 Å². The summed E-state index contributed by atoms with van der Waals surface area (Å²) in [7, 11) is 0. The molecule has 0 aromatic heterocycles. The van der Waals surface area contributed by atoms with E-state index in [4.69, 9.17) is 13.6 Å². The van der Waals surface area contributed by atoms with E-state index < -0.39 is 5.59 Å². The van der Waals surface area contributed by atoms with Crippen LogP contribution in [0.25, 0.3) is 0 Å². The fourth-order valence-corrected chi connectivity index (χ4v) is 4.73. The van der Waals surface area contributed by atoms with E-state index in [-0.39, 0.29) is 0 Å². The fraction of sp³-hybridized carbons (Fsp3) is 1.00. The summed E-state index contributed by atoms with van der Waals surface area (Å²) in [5.74, 6) is 0. The third kappa shape index (κ3) is 5.31. The van der Waals surface area contributed by atoms with Crippen LogP contribution in [-0.4, -0.2) is 19.8 Å². The maximum absolute atomic E-state index is 5.39. The van der Waals surface area contributed by atoms with E-state index in [1.54, 1.807) is 0 Å². The molecule has 0 rings (SSSR count). The van der Waals surface area contributed by atoms with Gasteiger partial charge in [-0.15, -0.1) is 0 Å². The first-order valence-corrected chi connectivity index (χ1v) is 8.63. The van der Waals surface area contributed by atoms with Crippen molar-refractivity contribution in [1.82, 2.24) is 0 Å². The second kappa shape index (κ2) is 6.54. The first-order valence-electron chi connectivity index (χ1n) is 3.79. The third-order valence-corrected chi connectivity index (χ3v) is 5.65. The molecule has 3 nitrogen and oxygen atoms in total. The Bertz CT molecular complexity index is 84.8. The number of rotatable bonds is 6. The first-order chi connectivity index (χ1) is 5.18. The summed E-state index contributed by atoms with van der Waals surface area (Å²) in [5, 5.41) is 0. The van der Waals surface area contributed by atoms with Crippen LogP contribution in [-0.2, 0) is 13.6 Å². The van der Waals surface area contributed by atoms with Gasteiger partial charge in [0.05, 0.1) is 0 Å². The van der Waals surface area contributed by atoms with Crippen LogP contribution in [0.5, 0.6) is 0 Å². The van der Waals surface area contributed by atoms with E-state index in [0.717, 1.165) is 0 Å². The van der Waals surface area contributed by atoms with Crippen LogP contribution >= 0.6 is 27.6 Å². The van der Waals surface area contributed by atoms with Crippen LogP contribution in [0.3, 0.4) is 0 Å². The quantitative estimate of drug-likeness (QED) is 0.557. The van der Waals surface area contributed by atoms with Crippen molar-refractivity contribution >= 4 is 27.6 Å². The van der Waals surface area contributed by atoms with Crippen molar-refractivity contribution in [3.05, 3.63) is 0 Å². The molecule has 5 heteroatoms. The molecule has 0 aromatic carbocycles. The Hall–Kier alpha value is 1.04. The van der Waals surface area contributed by atoms with Gasteiger partial charge in [-0.25, -0.2) is 0 Å². The van der Waals surface area contributed by atoms with Crippen LogP contribution in [0.4, 0.5) is 0 Å². The van der Waals surface area contributed by atoms with Crippen LogP contribution in [0.1, 0.15) is 20.8 Å². The minimum absolute atomic E-state index is 0.648. The molecule has 0 aliphatic carbocycles. The van der Waals surface area contributed by atoms with Crippen molar-refractivity contribution < 1.29 is 13.6 Å². The van der Waals surface area contributed by atoms with Gasteiger partial charge in [0.2, 0.25) is 0 Å². The van der Waals surface area contributed by atoms with Gasteiger partial charge in [0.25, 0.3) is 0 Å². The van der Waals surface area contributed by atoms with Crippen molar-refractivity contribution in [1.29, 1.82) is 0 Å². The Morgan fingerprint density at radius 3 is 1.36 bits per heavy atom. The normalized spacial score (nSPS) is 13.5. The second-order valence-electron chi connectivity index (χ2n) is 1.78. The molecule has 0 aromatic rings. The molecular formula is C6H16IO3P. The molecular weight excluding hydrogens is 278 g/mol. The van der Waals surface area contributed by atoms with Crippen LogP contribution in [0.2, 0.25) is 0 Å². The Labute approximate surface area is 81.9 Å². The number of hydrogen-bond donors (Lipinski definition) is 0. The predicted molar refractivity (Wildman–Crippen MR) is 57.2 cm³/mol. The van der Waals surface area contributed by atoms with Crippen LogP contribution in [0, 0.1) is 0 Å². The average molecular weight is 294 g/mol. The number of hydrogen-bond acceptors (Lipinski definition) is 3. The summed E-state index contributed by atoms with van der Waals surface area (Å²) in [4.78, 5) is 0. The van der Waals surface area contributed by atoms with E-state index in [1.807, 2.05) is 20.8 Å². The predicted octanol–water partition coefficient (Wildman–Crippen LogP) is 2.94. The Balaban J connectivity index is 3.79. The van der Waals surface area contributed by atoms with Gasteiger partial charge in [-0.1, -0.05) is 0 Å². The summed E-state index contributed by atoms with van der Waals surface area (Å²) in [6.45, 7) is 7.77. The van der Waals surface area contributed by atoms with Gasteiger partial charge >= 0.3 is 81.8 Å². The van der Waals surface area contributed by atoms with Gasteiger partial charge < -0.3 is 0 Å². The van der Waals surface area contributed by atoms with E-state index in [1.165, 1.54) is 0 Å². The van der Waals surface area contributed by atoms with Crippen molar-refractivity contribution in [2.45, 2.75) is 20.8 Å². The second-order valence-corrected chi connectivity index (χ2v) is 7.57. The van der Waals surface area contributed by atoms with Gasteiger partial charge in [-0.3, -0.25) is 0 Å². The van der Waals surface area contributed by atoms with Crippen molar-refractivity contribution in [3.63, 3.8) is 0 Å². The standard InChI is InChI=1S/C6H16IO3P/c1-4-8-11(7,9-5-2)10-6-3/h11H,4-6H2,1-3H3. The summed E-state index contributed by atoms with van der Waals surface area (Å²) in [5.41, 5.74) is -2.28. The molecule has 11 heavy (non-hydrogen) atoms. The van der Waals surface area contributed by atoms with E-state index in [9.17, 15) is 0 Å². The Morgan fingerprint density at radius 2 is 1.18 bits per heavy atom. The summed E-state index contributed by atoms with van der Waals surface area (Å²) in [6.07, 6.45) is 0. The topological polar surface area (TPSA) is 27.7 Å². The van der Waals surface area contributed by atoms with E-state index >= 15 is 0 Å². The molecule has 0 saturated heterocycles. The molecule has 70 valence electrons. The summed E-state index contributed by atoms with van der Waals surface area (Å²) < 4.78 is 16.2. The molecule has 0 N–H and O–H groups in total. The van der Waals surface area contributed by atoms with Crippen LogP contribution < -0.4 is 0 Å². The van der Waals surface area contributed by atoms with Crippen molar-refractivity contribution in [2.75, 3.05) is 19.8 Å². The zero-order valence-electron chi connectivity index (χ0n) is 7.22. The average Bonchev–Trinajstić information content (AvgIpc) is 1.88. The summed E-state index contributed by atoms with van der Waals surface area (Å²) >= 11 is 2.15. The SMILES string of the molecule is CCO[PH](I)(OCC)OCC. The Morgan fingerprint density at radius 1 is 0.909 bits per heavy atom. The fourth-order valence-electron chi connectivity index (χ4n) is 0.642. The van der Waals surface area contributed by atoms with Gasteiger partial charge in [0, 0.05) is 0 Å². The molecule has 0 fully saturated rings. The van der Waals surface area contributed by atoms with E-state index in [0.29, 0.717) is 19.8 Å². The first kappa shape index (κ1) is 12.0. The molecule has 0 atom stereocenters. The number of halogens is 1. The zero-order chi connectivity index (χ0) is 8.74.